The van der Waals surface area contributed by atoms with Gasteiger partial charge in [0.2, 0.25) is 11.8 Å². The fraction of sp³-hybridized carbons (Fsp3) is 0.0714. The van der Waals surface area contributed by atoms with Crippen molar-refractivity contribution in [3.63, 3.8) is 0 Å². The molecule has 0 bridgehead atoms. The van der Waals surface area contributed by atoms with Crippen LogP contribution in [0.2, 0.25) is 0 Å². The van der Waals surface area contributed by atoms with Crippen molar-refractivity contribution in [1.82, 2.24) is 29.4 Å². The minimum Gasteiger partial charge on any atom is -0.420 e. The van der Waals surface area contributed by atoms with E-state index in [1.165, 1.54) is 12.1 Å². The fourth-order valence-corrected chi connectivity index (χ4v) is 4.82. The molecule has 0 amide bonds. The third-order valence-corrected chi connectivity index (χ3v) is 6.46. The van der Waals surface area contributed by atoms with E-state index in [0.29, 0.717) is 23.2 Å². The molecule has 1 aliphatic heterocycles. The molecule has 0 saturated carbocycles. The average Bonchev–Trinajstić information content (AvgIpc) is 3.50. The van der Waals surface area contributed by atoms with Crippen molar-refractivity contribution in [1.29, 1.82) is 0 Å². The minimum absolute atomic E-state index is 0.219. The zero-order valence-electron chi connectivity index (χ0n) is 19.2. The van der Waals surface area contributed by atoms with Gasteiger partial charge in [-0.3, -0.25) is 0 Å². The van der Waals surface area contributed by atoms with Gasteiger partial charge in [0.25, 0.3) is 0 Å². The van der Waals surface area contributed by atoms with Gasteiger partial charge in [0.1, 0.15) is 12.1 Å². The molecule has 0 saturated heterocycles. The number of hydrogen-bond acceptors (Lipinski definition) is 5. The second kappa shape index (κ2) is 7.84. The molecule has 6 aromatic rings. The summed E-state index contributed by atoms with van der Waals surface area (Å²) in [5, 5.41) is 9.47. The Hall–Kier alpha value is -4.85. The van der Waals surface area contributed by atoms with E-state index in [9.17, 15) is 4.39 Å². The summed E-state index contributed by atoms with van der Waals surface area (Å²) in [6.07, 6.45) is 1.59. The molecule has 4 heterocycles. The Bertz CT molecular complexity index is 1730. The van der Waals surface area contributed by atoms with Crippen LogP contribution in [-0.4, -0.2) is 29.4 Å². The summed E-state index contributed by atoms with van der Waals surface area (Å²) in [5.41, 5.74) is 5.95. The molecule has 3 aromatic carbocycles. The molecule has 8 heteroatoms. The molecule has 1 atom stereocenters. The Morgan fingerprint density at radius 1 is 0.833 bits per heavy atom. The topological polar surface area (TPSA) is 70.1 Å². The fourth-order valence-electron chi connectivity index (χ4n) is 4.82. The van der Waals surface area contributed by atoms with Crippen LogP contribution in [-0.2, 0) is 0 Å². The maximum atomic E-state index is 13.5. The van der Waals surface area contributed by atoms with Crippen molar-refractivity contribution < 1.29 is 9.13 Å². The van der Waals surface area contributed by atoms with Crippen molar-refractivity contribution in [3.8, 4) is 28.8 Å². The first-order valence-electron chi connectivity index (χ1n) is 11.6. The first-order valence-corrected chi connectivity index (χ1v) is 11.6. The first-order chi connectivity index (χ1) is 17.7. The monoisotopic (exact) mass is 474 g/mol. The third kappa shape index (κ3) is 3.11. The van der Waals surface area contributed by atoms with Crippen molar-refractivity contribution in [2.75, 3.05) is 0 Å². The molecule has 7 rings (SSSR count). The number of benzene rings is 3. The zero-order chi connectivity index (χ0) is 24.2. The average molecular weight is 474 g/mol. The van der Waals surface area contributed by atoms with Crippen LogP contribution >= 0.6 is 0 Å². The van der Waals surface area contributed by atoms with Gasteiger partial charge in [-0.1, -0.05) is 48.5 Å². The van der Waals surface area contributed by atoms with E-state index >= 15 is 0 Å². The predicted octanol–water partition coefficient (Wildman–Crippen LogP) is 5.71. The van der Waals surface area contributed by atoms with Gasteiger partial charge in [-0.2, -0.15) is 5.10 Å². The smallest absolute Gasteiger partial charge is 0.230 e. The van der Waals surface area contributed by atoms with Gasteiger partial charge in [0, 0.05) is 5.56 Å². The second-order valence-corrected chi connectivity index (χ2v) is 8.67. The molecule has 7 nitrogen and oxygen atoms in total. The Morgan fingerprint density at radius 2 is 1.56 bits per heavy atom. The number of fused-ring (bicyclic) bond motifs is 4. The number of para-hydroxylation sites is 1. The molecular formula is C28H19FN6O. The summed E-state index contributed by atoms with van der Waals surface area (Å²) in [7, 11) is 0. The van der Waals surface area contributed by atoms with E-state index in [0.717, 1.165) is 33.6 Å². The summed E-state index contributed by atoms with van der Waals surface area (Å²) in [5.74, 6) is 1.05. The summed E-state index contributed by atoms with van der Waals surface area (Å²) in [6, 6.07) is 26.2. The van der Waals surface area contributed by atoms with Crippen LogP contribution in [0, 0.1) is 12.7 Å². The summed E-state index contributed by atoms with van der Waals surface area (Å²) < 4.78 is 23.4. The van der Waals surface area contributed by atoms with Crippen LogP contribution in [0.1, 0.15) is 28.3 Å². The lowest BCUT2D eigenvalue weighted by Gasteiger charge is -2.26. The molecular weight excluding hydrogens is 455 g/mol. The Morgan fingerprint density at radius 3 is 2.31 bits per heavy atom. The number of ether oxygens (including phenoxy) is 1. The minimum atomic E-state index is -0.308. The van der Waals surface area contributed by atoms with Gasteiger partial charge in [0.15, 0.2) is 11.5 Å². The highest BCUT2D eigenvalue weighted by Crippen LogP contribution is 2.49. The van der Waals surface area contributed by atoms with Crippen molar-refractivity contribution in [2.24, 2.45) is 0 Å². The van der Waals surface area contributed by atoms with E-state index < -0.39 is 0 Å². The van der Waals surface area contributed by atoms with E-state index in [2.05, 4.69) is 22.2 Å². The van der Waals surface area contributed by atoms with Gasteiger partial charge in [-0.25, -0.2) is 23.6 Å². The molecule has 0 N–H and O–H groups in total. The van der Waals surface area contributed by atoms with E-state index in [4.69, 9.17) is 14.8 Å². The standard InChI is InChI=1S/C28H19FN6O/c1-17-22-23(18-8-4-2-5-9-18)24-26-31-25(19-12-14-20(29)15-13-19)33-34(26)16-30-27(24)36-28(22)35(32-17)21-10-6-3-7-11-21/h2-16,23H,1H3/t23-/m1/s1. The predicted molar refractivity (Wildman–Crippen MR) is 132 cm³/mol. The van der Waals surface area contributed by atoms with Crippen LogP contribution in [0.3, 0.4) is 0 Å². The van der Waals surface area contributed by atoms with Crippen LogP contribution in [0.4, 0.5) is 4.39 Å². The highest BCUT2D eigenvalue weighted by molar-refractivity contribution is 5.68. The summed E-state index contributed by atoms with van der Waals surface area (Å²) >= 11 is 0. The van der Waals surface area contributed by atoms with Gasteiger partial charge >= 0.3 is 0 Å². The number of halogens is 1. The van der Waals surface area contributed by atoms with Gasteiger partial charge < -0.3 is 4.74 Å². The van der Waals surface area contributed by atoms with Crippen LogP contribution in [0.25, 0.3) is 22.7 Å². The summed E-state index contributed by atoms with van der Waals surface area (Å²) in [4.78, 5) is 9.48. The molecule has 3 aromatic heterocycles. The van der Waals surface area contributed by atoms with E-state index in [-0.39, 0.29) is 11.7 Å². The van der Waals surface area contributed by atoms with Crippen LogP contribution in [0.15, 0.2) is 91.3 Å². The molecule has 36 heavy (non-hydrogen) atoms. The van der Waals surface area contributed by atoms with Gasteiger partial charge in [-0.15, -0.1) is 5.10 Å². The molecule has 0 spiro atoms. The van der Waals surface area contributed by atoms with Crippen LogP contribution < -0.4 is 4.74 Å². The number of aryl methyl sites for hydroxylation is 1. The van der Waals surface area contributed by atoms with E-state index in [1.807, 2.05) is 60.1 Å². The Kier molecular flexibility index (Phi) is 4.47. The Labute approximate surface area is 205 Å². The number of aromatic nitrogens is 6. The zero-order valence-corrected chi connectivity index (χ0v) is 19.2. The molecule has 0 unspecified atom stereocenters. The maximum Gasteiger partial charge on any atom is 0.230 e. The number of nitrogens with zero attached hydrogens (tertiary/aromatic N) is 6. The molecule has 174 valence electrons. The molecule has 0 fully saturated rings. The quantitative estimate of drug-likeness (QED) is 0.328. The lowest BCUT2D eigenvalue weighted by Crippen LogP contribution is -2.16. The van der Waals surface area contributed by atoms with Crippen molar-refractivity contribution in [3.05, 3.63) is 119 Å². The normalized spacial score (nSPS) is 14.3. The first kappa shape index (κ1) is 20.5. The van der Waals surface area contributed by atoms with Gasteiger partial charge in [0.05, 0.1) is 28.4 Å². The SMILES string of the molecule is Cc1nn(-c2ccccc2)c2c1[C@@H](c1ccccc1)c1c(ncn3nc(-c4ccc(F)cc4)nc13)O2. The Balaban J connectivity index is 1.48. The van der Waals surface area contributed by atoms with Crippen molar-refractivity contribution >= 4 is 5.65 Å². The maximum absolute atomic E-state index is 13.5. The van der Waals surface area contributed by atoms with E-state index in [1.54, 1.807) is 23.0 Å². The molecule has 1 aliphatic rings. The lowest BCUT2D eigenvalue weighted by molar-refractivity contribution is 0.402. The largest absolute Gasteiger partial charge is 0.420 e. The third-order valence-electron chi connectivity index (χ3n) is 6.46. The highest BCUT2D eigenvalue weighted by atomic mass is 19.1. The summed E-state index contributed by atoms with van der Waals surface area (Å²) in [6.45, 7) is 1.99. The van der Waals surface area contributed by atoms with Gasteiger partial charge in [-0.05, 0) is 48.9 Å². The molecule has 0 aliphatic carbocycles. The highest BCUT2D eigenvalue weighted by Gasteiger charge is 2.38. The second-order valence-electron chi connectivity index (χ2n) is 8.67. The number of hydrogen-bond donors (Lipinski definition) is 0. The number of rotatable bonds is 3. The lowest BCUT2D eigenvalue weighted by atomic mass is 9.84. The molecule has 0 radical (unpaired) electrons. The van der Waals surface area contributed by atoms with Crippen LogP contribution in [0.5, 0.6) is 11.8 Å². The van der Waals surface area contributed by atoms with Crippen molar-refractivity contribution in [2.45, 2.75) is 12.8 Å².